The van der Waals surface area contributed by atoms with E-state index in [2.05, 4.69) is 204 Å². The lowest BCUT2D eigenvalue weighted by molar-refractivity contribution is 0.590. The molecule has 268 valence electrons. The Morgan fingerprint density at radius 2 is 0.642 bits per heavy atom. The van der Waals surface area contributed by atoms with Crippen molar-refractivity contribution in [3.8, 4) is 22.3 Å². The number of hydrogen-bond acceptors (Lipinski definition) is 0. The third kappa shape index (κ3) is 5.37. The fourth-order valence-corrected chi connectivity index (χ4v) is 14.3. The highest BCUT2D eigenvalue weighted by atomic mass is 28.3. The maximum Gasteiger partial charge on any atom is 0.179 e. The summed E-state index contributed by atoms with van der Waals surface area (Å²) < 4.78 is 0. The molecule has 0 fully saturated rings. The maximum absolute atomic E-state index is 2.90. The summed E-state index contributed by atoms with van der Waals surface area (Å²) in [5.74, 6) is 0. The van der Waals surface area contributed by atoms with Gasteiger partial charge in [0.05, 0.1) is 0 Å². The van der Waals surface area contributed by atoms with Gasteiger partial charge in [-0.1, -0.05) is 202 Å². The first kappa shape index (κ1) is 35.6. The van der Waals surface area contributed by atoms with Gasteiger partial charge in [0.15, 0.2) is 8.07 Å². The molecule has 0 radical (unpaired) electrons. The molecule has 0 amide bonds. The van der Waals surface area contributed by atoms with Crippen LogP contribution in [0.2, 0.25) is 0 Å². The second-order valence-electron chi connectivity index (χ2n) is 19.3. The first-order valence-electron chi connectivity index (χ1n) is 19.6. The molecule has 0 bridgehead atoms. The van der Waals surface area contributed by atoms with E-state index in [1.807, 2.05) is 0 Å². The van der Waals surface area contributed by atoms with Gasteiger partial charge in [0, 0.05) is 10.8 Å². The molecule has 2 aliphatic rings. The highest BCUT2D eigenvalue weighted by molar-refractivity contribution is 7.20. The molecule has 0 unspecified atom stereocenters. The molecule has 0 saturated heterocycles. The molecule has 0 nitrogen and oxygen atoms in total. The number of aryl methyl sites for hydroxylation is 2. The molecule has 1 heteroatoms. The van der Waals surface area contributed by atoms with Gasteiger partial charge >= 0.3 is 0 Å². The zero-order chi connectivity index (χ0) is 37.9. The summed E-state index contributed by atoms with van der Waals surface area (Å²) in [6.07, 6.45) is 0. The van der Waals surface area contributed by atoms with Gasteiger partial charge in [0.1, 0.15) is 0 Å². The monoisotopic (exact) mass is 708 g/mol. The maximum atomic E-state index is 2.63. The standard InChI is InChI=1S/C52H56Si/c1-33-13-25-41-43-27-23-39(31-47(43)51(9,10)45(41)29-33)53(37-19-15-35(16-20-37)49(3,4)5,38-21-17-36(18-22-38)50(6,7)8)40-24-28-44-42-26-14-34(2)30-46(42)52(11,12)48(44)32-40/h13-32H,1-12H3. The molecule has 6 aromatic rings. The third-order valence-electron chi connectivity index (χ3n) is 12.9. The Labute approximate surface area is 320 Å². The predicted molar refractivity (Wildman–Crippen MR) is 232 cm³/mol. The van der Waals surface area contributed by atoms with Crippen molar-refractivity contribution < 1.29 is 0 Å². The van der Waals surface area contributed by atoms with Crippen LogP contribution in [0, 0.1) is 13.8 Å². The molecular formula is C52H56Si. The van der Waals surface area contributed by atoms with Crippen molar-refractivity contribution in [2.45, 2.75) is 105 Å². The topological polar surface area (TPSA) is 0 Å². The second kappa shape index (κ2) is 11.8. The summed E-state index contributed by atoms with van der Waals surface area (Å²) in [7, 11) is -2.90. The molecule has 2 aliphatic carbocycles. The van der Waals surface area contributed by atoms with E-state index in [1.165, 1.54) is 87.5 Å². The summed E-state index contributed by atoms with van der Waals surface area (Å²) in [5.41, 5.74) is 16.6. The van der Waals surface area contributed by atoms with Crippen molar-refractivity contribution in [3.05, 3.63) is 166 Å². The molecule has 6 aromatic carbocycles. The van der Waals surface area contributed by atoms with Crippen LogP contribution in [0.4, 0.5) is 0 Å². The van der Waals surface area contributed by atoms with Crippen molar-refractivity contribution in [1.29, 1.82) is 0 Å². The Bertz CT molecular complexity index is 2230. The largest absolute Gasteiger partial charge is 0.179 e. The summed E-state index contributed by atoms with van der Waals surface area (Å²) in [4.78, 5) is 0. The average molecular weight is 709 g/mol. The van der Waals surface area contributed by atoms with Gasteiger partial charge in [-0.3, -0.25) is 0 Å². The Morgan fingerprint density at radius 3 is 0.962 bits per heavy atom. The van der Waals surface area contributed by atoms with Crippen LogP contribution in [0.25, 0.3) is 22.3 Å². The van der Waals surface area contributed by atoms with Crippen LogP contribution in [0.3, 0.4) is 0 Å². The molecule has 0 spiro atoms. The Hall–Kier alpha value is -4.46. The minimum absolute atomic E-state index is 0.0695. The van der Waals surface area contributed by atoms with Crippen LogP contribution in [0.5, 0.6) is 0 Å². The Kier molecular flexibility index (Phi) is 7.90. The molecule has 8 rings (SSSR count). The van der Waals surface area contributed by atoms with Crippen LogP contribution in [-0.4, -0.2) is 8.07 Å². The van der Waals surface area contributed by atoms with Gasteiger partial charge in [-0.25, -0.2) is 0 Å². The molecule has 0 saturated carbocycles. The summed E-state index contributed by atoms with van der Waals surface area (Å²) in [6.45, 7) is 28.1. The first-order chi connectivity index (χ1) is 24.8. The van der Waals surface area contributed by atoms with Gasteiger partial charge in [-0.15, -0.1) is 0 Å². The van der Waals surface area contributed by atoms with E-state index in [-0.39, 0.29) is 21.7 Å². The van der Waals surface area contributed by atoms with Crippen LogP contribution in [0.1, 0.15) is 114 Å². The van der Waals surface area contributed by atoms with Crippen molar-refractivity contribution in [1.82, 2.24) is 0 Å². The Morgan fingerprint density at radius 1 is 0.358 bits per heavy atom. The van der Waals surface area contributed by atoms with Gasteiger partial charge in [0.2, 0.25) is 0 Å². The van der Waals surface area contributed by atoms with E-state index in [4.69, 9.17) is 0 Å². The predicted octanol–water partition coefficient (Wildman–Crippen LogP) is 10.9. The lowest BCUT2D eigenvalue weighted by Crippen LogP contribution is -2.75. The molecule has 0 aromatic heterocycles. The fourth-order valence-electron chi connectivity index (χ4n) is 9.61. The average Bonchev–Trinajstić information content (AvgIpc) is 3.46. The van der Waals surface area contributed by atoms with Crippen molar-refractivity contribution in [2.75, 3.05) is 0 Å². The second-order valence-corrected chi connectivity index (χ2v) is 23.1. The van der Waals surface area contributed by atoms with E-state index in [0.29, 0.717) is 0 Å². The normalized spacial score (nSPS) is 15.5. The van der Waals surface area contributed by atoms with Gasteiger partial charge in [0.25, 0.3) is 0 Å². The number of hydrogen-bond donors (Lipinski definition) is 0. The number of benzene rings is 6. The van der Waals surface area contributed by atoms with Crippen molar-refractivity contribution in [2.24, 2.45) is 0 Å². The molecular weight excluding hydrogens is 653 g/mol. The molecule has 0 N–H and O–H groups in total. The first-order valence-corrected chi connectivity index (χ1v) is 21.6. The van der Waals surface area contributed by atoms with Crippen LogP contribution >= 0.6 is 0 Å². The van der Waals surface area contributed by atoms with Gasteiger partial charge < -0.3 is 0 Å². The van der Waals surface area contributed by atoms with Gasteiger partial charge in [-0.2, -0.15) is 0 Å². The lowest BCUT2D eigenvalue weighted by atomic mass is 9.82. The lowest BCUT2D eigenvalue weighted by Gasteiger charge is -2.37. The quantitative estimate of drug-likeness (QED) is 0.126. The third-order valence-corrected chi connectivity index (χ3v) is 17.6. The number of fused-ring (bicyclic) bond motifs is 6. The smallest absolute Gasteiger partial charge is 0.0616 e. The van der Waals surface area contributed by atoms with E-state index < -0.39 is 8.07 Å². The summed E-state index contributed by atoms with van der Waals surface area (Å²) >= 11 is 0. The zero-order valence-electron chi connectivity index (χ0n) is 34.0. The fraction of sp³-hybridized carbons (Fsp3) is 0.308. The number of rotatable bonds is 4. The van der Waals surface area contributed by atoms with Crippen LogP contribution in [0.15, 0.2) is 121 Å². The van der Waals surface area contributed by atoms with E-state index in [1.54, 1.807) is 0 Å². The van der Waals surface area contributed by atoms with E-state index in [0.717, 1.165) is 0 Å². The van der Waals surface area contributed by atoms with Crippen molar-refractivity contribution >= 4 is 28.8 Å². The summed E-state index contributed by atoms with van der Waals surface area (Å²) in [6, 6.07) is 48.8. The van der Waals surface area contributed by atoms with Crippen molar-refractivity contribution in [3.63, 3.8) is 0 Å². The van der Waals surface area contributed by atoms with Crippen LogP contribution < -0.4 is 20.7 Å². The molecule has 0 aliphatic heterocycles. The SMILES string of the molecule is Cc1ccc2c(c1)C(C)(C)c1cc([Si](c3ccc(C(C)(C)C)cc3)(c3ccc(C(C)(C)C)cc3)c3ccc4c(c3)C(C)(C)c3cc(C)ccc3-4)ccc1-2. The molecule has 0 heterocycles. The summed E-state index contributed by atoms with van der Waals surface area (Å²) in [5, 5.41) is 5.76. The van der Waals surface area contributed by atoms with Gasteiger partial charge in [-0.05, 0) is 101 Å². The van der Waals surface area contributed by atoms with Crippen LogP contribution in [-0.2, 0) is 21.7 Å². The van der Waals surface area contributed by atoms with E-state index >= 15 is 0 Å². The highest BCUT2D eigenvalue weighted by Crippen LogP contribution is 2.50. The minimum atomic E-state index is -2.90. The minimum Gasteiger partial charge on any atom is -0.0616 e. The molecule has 0 atom stereocenters. The van der Waals surface area contributed by atoms with E-state index in [9.17, 15) is 0 Å². The highest BCUT2D eigenvalue weighted by Gasteiger charge is 2.46. The molecule has 53 heavy (non-hydrogen) atoms. The zero-order valence-corrected chi connectivity index (χ0v) is 35.0. The Balaban J connectivity index is 1.46.